The Hall–Kier alpha value is -3.47. The second-order valence-corrected chi connectivity index (χ2v) is 6.64. The summed E-state index contributed by atoms with van der Waals surface area (Å²) in [5, 5.41) is 5.68. The lowest BCUT2D eigenvalue weighted by Crippen LogP contribution is -2.26. The Morgan fingerprint density at radius 2 is 1.38 bits per heavy atom. The summed E-state index contributed by atoms with van der Waals surface area (Å²) in [5.41, 5.74) is 3.33. The molecule has 0 aliphatic heterocycles. The number of rotatable bonds is 7. The maximum absolute atomic E-state index is 13.6. The van der Waals surface area contributed by atoms with Gasteiger partial charge in [0.15, 0.2) is 0 Å². The monoisotopic (exact) mass is 390 g/mol. The maximum atomic E-state index is 13.6. The van der Waals surface area contributed by atoms with Gasteiger partial charge in [-0.3, -0.25) is 9.59 Å². The van der Waals surface area contributed by atoms with Crippen LogP contribution in [-0.4, -0.2) is 18.4 Å². The molecule has 0 heterocycles. The zero-order valence-electron chi connectivity index (χ0n) is 16.2. The van der Waals surface area contributed by atoms with Gasteiger partial charge in [-0.1, -0.05) is 43.3 Å². The van der Waals surface area contributed by atoms with Crippen molar-refractivity contribution in [1.82, 2.24) is 5.32 Å². The molecule has 0 unspecified atom stereocenters. The van der Waals surface area contributed by atoms with Gasteiger partial charge in [-0.15, -0.1) is 0 Å². The van der Waals surface area contributed by atoms with Gasteiger partial charge >= 0.3 is 0 Å². The highest BCUT2D eigenvalue weighted by Crippen LogP contribution is 2.17. The highest BCUT2D eigenvalue weighted by molar-refractivity contribution is 6.05. The van der Waals surface area contributed by atoms with Crippen molar-refractivity contribution in [3.05, 3.63) is 101 Å². The molecule has 0 fully saturated rings. The fourth-order valence-electron chi connectivity index (χ4n) is 3.03. The first kappa shape index (κ1) is 20.3. The first-order chi connectivity index (χ1) is 14.1. The molecule has 3 rings (SSSR count). The Morgan fingerprint density at radius 1 is 0.793 bits per heavy atom. The second-order valence-electron chi connectivity index (χ2n) is 6.64. The van der Waals surface area contributed by atoms with E-state index in [0.717, 1.165) is 17.7 Å². The van der Waals surface area contributed by atoms with Gasteiger partial charge in [-0.25, -0.2) is 4.39 Å². The molecule has 0 atom stereocenters. The number of carbonyl (C=O) groups excluding carboxylic acids is 2. The summed E-state index contributed by atoms with van der Waals surface area (Å²) in [4.78, 5) is 24.7. The molecule has 2 N–H and O–H groups in total. The molecular weight excluding hydrogens is 367 g/mol. The molecule has 4 nitrogen and oxygen atoms in total. The van der Waals surface area contributed by atoms with Crippen LogP contribution in [0.1, 0.15) is 38.8 Å². The zero-order chi connectivity index (χ0) is 20.6. The number of para-hydroxylation sites is 1. The lowest BCUT2D eigenvalue weighted by Gasteiger charge is -2.10. The Balaban J connectivity index is 1.57. The van der Waals surface area contributed by atoms with E-state index in [1.807, 2.05) is 31.2 Å². The van der Waals surface area contributed by atoms with Crippen LogP contribution in [0.3, 0.4) is 0 Å². The largest absolute Gasteiger partial charge is 0.352 e. The molecule has 3 aromatic carbocycles. The van der Waals surface area contributed by atoms with Gasteiger partial charge in [0.1, 0.15) is 5.82 Å². The fourth-order valence-corrected chi connectivity index (χ4v) is 3.03. The molecular formula is C24H23FN2O2. The van der Waals surface area contributed by atoms with E-state index in [4.69, 9.17) is 0 Å². The highest BCUT2D eigenvalue weighted by atomic mass is 19.1. The third kappa shape index (κ3) is 5.29. The van der Waals surface area contributed by atoms with Crippen molar-refractivity contribution in [2.45, 2.75) is 19.8 Å². The number of aryl methyl sites for hydroxylation is 1. The van der Waals surface area contributed by atoms with E-state index in [-0.39, 0.29) is 17.6 Å². The number of benzene rings is 3. The van der Waals surface area contributed by atoms with Gasteiger partial charge in [0.2, 0.25) is 0 Å². The number of nitrogens with one attached hydrogen (secondary N) is 2. The van der Waals surface area contributed by atoms with Gasteiger partial charge in [-0.2, -0.15) is 0 Å². The minimum Gasteiger partial charge on any atom is -0.352 e. The van der Waals surface area contributed by atoms with Crippen LogP contribution in [0.5, 0.6) is 0 Å². The van der Waals surface area contributed by atoms with E-state index in [2.05, 4.69) is 10.6 Å². The van der Waals surface area contributed by atoms with Crippen molar-refractivity contribution in [1.29, 1.82) is 0 Å². The molecule has 148 valence electrons. The smallest absolute Gasteiger partial charge is 0.255 e. The average Bonchev–Trinajstić information content (AvgIpc) is 2.75. The number of hydrogen-bond donors (Lipinski definition) is 2. The van der Waals surface area contributed by atoms with Crippen LogP contribution < -0.4 is 10.6 Å². The highest BCUT2D eigenvalue weighted by Gasteiger charge is 2.11. The van der Waals surface area contributed by atoms with Crippen molar-refractivity contribution in [3.8, 4) is 0 Å². The van der Waals surface area contributed by atoms with Crippen LogP contribution in [0, 0.1) is 5.82 Å². The lowest BCUT2D eigenvalue weighted by atomic mass is 10.1. The number of carbonyl (C=O) groups is 2. The van der Waals surface area contributed by atoms with Gasteiger partial charge in [0.25, 0.3) is 11.8 Å². The Bertz CT molecular complexity index is 1000. The summed E-state index contributed by atoms with van der Waals surface area (Å²) in [5.74, 6) is -0.760. The summed E-state index contributed by atoms with van der Waals surface area (Å²) in [7, 11) is 0. The first-order valence-electron chi connectivity index (χ1n) is 9.59. The molecule has 0 spiro atoms. The standard InChI is InChI=1S/C24H23FN2O2/c1-2-17-7-4-6-10-22(17)27-24(29)20-13-11-19(12-14-20)23(28)26-16-15-18-8-3-5-9-21(18)25/h3-14H,2,15-16H2,1H3,(H,26,28)(H,27,29). The first-order valence-corrected chi connectivity index (χ1v) is 9.59. The molecule has 0 aliphatic carbocycles. The van der Waals surface area contributed by atoms with E-state index >= 15 is 0 Å². The van der Waals surface area contributed by atoms with Crippen molar-refractivity contribution >= 4 is 17.5 Å². The predicted octanol–water partition coefficient (Wildman–Crippen LogP) is 4.61. The molecule has 0 bridgehead atoms. The van der Waals surface area contributed by atoms with Crippen LogP contribution in [-0.2, 0) is 12.8 Å². The SMILES string of the molecule is CCc1ccccc1NC(=O)c1ccc(C(=O)NCCc2ccccc2F)cc1. The topological polar surface area (TPSA) is 58.2 Å². The van der Waals surface area contributed by atoms with E-state index in [1.54, 1.807) is 42.5 Å². The van der Waals surface area contributed by atoms with E-state index < -0.39 is 0 Å². The molecule has 0 radical (unpaired) electrons. The molecule has 0 aliphatic rings. The zero-order valence-corrected chi connectivity index (χ0v) is 16.2. The molecule has 5 heteroatoms. The number of anilines is 1. The Morgan fingerprint density at radius 3 is 2.03 bits per heavy atom. The maximum Gasteiger partial charge on any atom is 0.255 e. The van der Waals surface area contributed by atoms with E-state index in [0.29, 0.717) is 29.7 Å². The fraction of sp³-hybridized carbons (Fsp3) is 0.167. The molecule has 0 aromatic heterocycles. The minimum atomic E-state index is -0.276. The Labute approximate surface area is 169 Å². The predicted molar refractivity (Wildman–Crippen MR) is 113 cm³/mol. The van der Waals surface area contributed by atoms with Crippen LogP contribution in [0.15, 0.2) is 72.8 Å². The van der Waals surface area contributed by atoms with Crippen molar-refractivity contribution in [2.75, 3.05) is 11.9 Å². The molecule has 0 saturated carbocycles. The van der Waals surface area contributed by atoms with E-state index in [1.165, 1.54) is 6.07 Å². The van der Waals surface area contributed by atoms with E-state index in [9.17, 15) is 14.0 Å². The molecule has 29 heavy (non-hydrogen) atoms. The van der Waals surface area contributed by atoms with Crippen LogP contribution in [0.4, 0.5) is 10.1 Å². The number of amides is 2. The summed E-state index contributed by atoms with van der Waals surface area (Å²) in [6.45, 7) is 2.36. The molecule has 0 saturated heterocycles. The minimum absolute atomic E-state index is 0.225. The summed E-state index contributed by atoms with van der Waals surface area (Å²) < 4.78 is 13.6. The molecule has 3 aromatic rings. The van der Waals surface area contributed by atoms with Gasteiger partial charge in [0.05, 0.1) is 0 Å². The van der Waals surface area contributed by atoms with Crippen molar-refractivity contribution in [2.24, 2.45) is 0 Å². The average molecular weight is 390 g/mol. The van der Waals surface area contributed by atoms with Gasteiger partial charge in [0, 0.05) is 23.4 Å². The van der Waals surface area contributed by atoms with Crippen molar-refractivity contribution in [3.63, 3.8) is 0 Å². The summed E-state index contributed by atoms with van der Waals surface area (Å²) in [6, 6.07) is 20.6. The van der Waals surface area contributed by atoms with Crippen LogP contribution in [0.25, 0.3) is 0 Å². The van der Waals surface area contributed by atoms with Gasteiger partial charge < -0.3 is 10.6 Å². The van der Waals surface area contributed by atoms with Gasteiger partial charge in [-0.05, 0) is 60.4 Å². The third-order valence-corrected chi connectivity index (χ3v) is 4.69. The summed E-state index contributed by atoms with van der Waals surface area (Å²) in [6.07, 6.45) is 1.23. The lowest BCUT2D eigenvalue weighted by molar-refractivity contribution is 0.0952. The Kier molecular flexibility index (Phi) is 6.74. The quantitative estimate of drug-likeness (QED) is 0.619. The number of halogens is 1. The number of hydrogen-bond acceptors (Lipinski definition) is 2. The second kappa shape index (κ2) is 9.64. The van der Waals surface area contributed by atoms with Crippen LogP contribution >= 0.6 is 0 Å². The molecule has 2 amide bonds. The third-order valence-electron chi connectivity index (χ3n) is 4.69. The normalized spacial score (nSPS) is 10.4. The summed E-state index contributed by atoms with van der Waals surface area (Å²) >= 11 is 0. The van der Waals surface area contributed by atoms with Crippen LogP contribution in [0.2, 0.25) is 0 Å². The van der Waals surface area contributed by atoms with Crippen molar-refractivity contribution < 1.29 is 14.0 Å².